The average Bonchev–Trinajstić information content (AvgIpc) is 3.14. The van der Waals surface area contributed by atoms with Crippen LogP contribution in [0.2, 0.25) is 0 Å². The quantitative estimate of drug-likeness (QED) is 0.895. The first kappa shape index (κ1) is 11.1. The van der Waals surface area contributed by atoms with Crippen LogP contribution in [0, 0.1) is 13.8 Å². The van der Waals surface area contributed by atoms with E-state index >= 15 is 0 Å². The fraction of sp³-hybridized carbons (Fsp3) is 0.357. The number of anilines is 1. The highest BCUT2D eigenvalue weighted by atomic mass is 15.3. The van der Waals surface area contributed by atoms with Gasteiger partial charge in [-0.05, 0) is 25.8 Å². The second kappa shape index (κ2) is 4.37. The third-order valence-corrected chi connectivity index (χ3v) is 3.42. The van der Waals surface area contributed by atoms with Crippen LogP contribution in [0.25, 0.3) is 0 Å². The Morgan fingerprint density at radius 1 is 1.06 bits per heavy atom. The predicted octanol–water partition coefficient (Wildman–Crippen LogP) is 2.46. The second-order valence-corrected chi connectivity index (χ2v) is 4.81. The summed E-state index contributed by atoms with van der Waals surface area (Å²) < 4.78 is 0. The van der Waals surface area contributed by atoms with Gasteiger partial charge in [0, 0.05) is 12.0 Å². The van der Waals surface area contributed by atoms with E-state index in [0.29, 0.717) is 17.9 Å². The molecule has 0 aliphatic heterocycles. The van der Waals surface area contributed by atoms with E-state index in [4.69, 9.17) is 0 Å². The topological polar surface area (TPSA) is 50.7 Å². The Kier molecular flexibility index (Phi) is 2.70. The third kappa shape index (κ3) is 2.18. The summed E-state index contributed by atoms with van der Waals surface area (Å²) >= 11 is 0. The zero-order chi connectivity index (χ0) is 12.5. The van der Waals surface area contributed by atoms with Crippen molar-refractivity contribution in [3.63, 3.8) is 0 Å². The molecule has 92 valence electrons. The van der Waals surface area contributed by atoms with Gasteiger partial charge in [-0.1, -0.05) is 30.3 Å². The highest BCUT2D eigenvalue weighted by Gasteiger charge is 2.38. The minimum absolute atomic E-state index is 0.441. The highest BCUT2D eigenvalue weighted by molar-refractivity contribution is 5.36. The summed E-state index contributed by atoms with van der Waals surface area (Å²) in [4.78, 5) is 4.40. The molecule has 4 nitrogen and oxygen atoms in total. The molecular formula is C14H16N4. The van der Waals surface area contributed by atoms with Crippen LogP contribution in [0.15, 0.2) is 30.3 Å². The van der Waals surface area contributed by atoms with Gasteiger partial charge in [0.2, 0.25) is 5.95 Å². The SMILES string of the molecule is Cc1nnc(NC2CC2c2ccccc2)nc1C. The molecule has 1 aromatic heterocycles. The number of nitrogens with one attached hydrogen (secondary N) is 1. The molecule has 0 radical (unpaired) electrons. The van der Waals surface area contributed by atoms with Gasteiger partial charge in [0.05, 0.1) is 11.4 Å². The summed E-state index contributed by atoms with van der Waals surface area (Å²) in [6, 6.07) is 11.0. The van der Waals surface area contributed by atoms with Crippen molar-refractivity contribution in [3.05, 3.63) is 47.3 Å². The molecule has 1 aliphatic rings. The molecule has 0 bridgehead atoms. The Balaban J connectivity index is 1.67. The number of rotatable bonds is 3. The molecule has 1 heterocycles. The number of nitrogens with zero attached hydrogens (tertiary/aromatic N) is 3. The van der Waals surface area contributed by atoms with Crippen LogP contribution >= 0.6 is 0 Å². The first-order chi connectivity index (χ1) is 8.74. The summed E-state index contributed by atoms with van der Waals surface area (Å²) in [7, 11) is 0. The molecule has 3 rings (SSSR count). The molecule has 1 aliphatic carbocycles. The molecule has 1 aromatic carbocycles. The molecule has 2 aromatic rings. The second-order valence-electron chi connectivity index (χ2n) is 4.81. The van der Waals surface area contributed by atoms with Gasteiger partial charge in [0.1, 0.15) is 0 Å². The lowest BCUT2D eigenvalue weighted by molar-refractivity contribution is 0.878. The largest absolute Gasteiger partial charge is 0.350 e. The summed E-state index contributed by atoms with van der Waals surface area (Å²) in [6.07, 6.45) is 1.14. The summed E-state index contributed by atoms with van der Waals surface area (Å²) in [6.45, 7) is 3.87. The van der Waals surface area contributed by atoms with Gasteiger partial charge in [0.15, 0.2) is 0 Å². The van der Waals surface area contributed by atoms with Gasteiger partial charge < -0.3 is 5.32 Å². The van der Waals surface area contributed by atoms with Crippen molar-refractivity contribution in [1.29, 1.82) is 0 Å². The molecule has 0 amide bonds. The van der Waals surface area contributed by atoms with E-state index in [1.54, 1.807) is 0 Å². The van der Waals surface area contributed by atoms with E-state index in [2.05, 4.69) is 44.8 Å². The van der Waals surface area contributed by atoms with Crippen molar-refractivity contribution in [1.82, 2.24) is 15.2 Å². The minimum atomic E-state index is 0.441. The molecule has 18 heavy (non-hydrogen) atoms. The average molecular weight is 240 g/mol. The van der Waals surface area contributed by atoms with Crippen LogP contribution in [0.1, 0.15) is 29.3 Å². The number of aromatic nitrogens is 3. The fourth-order valence-corrected chi connectivity index (χ4v) is 2.11. The summed E-state index contributed by atoms with van der Waals surface area (Å²) in [5.74, 6) is 1.22. The third-order valence-electron chi connectivity index (χ3n) is 3.42. The fourth-order valence-electron chi connectivity index (χ4n) is 2.11. The lowest BCUT2D eigenvalue weighted by Gasteiger charge is -2.05. The van der Waals surface area contributed by atoms with E-state index in [1.807, 2.05) is 19.9 Å². The molecule has 1 saturated carbocycles. The van der Waals surface area contributed by atoms with Gasteiger partial charge in [-0.2, -0.15) is 5.10 Å². The monoisotopic (exact) mass is 240 g/mol. The minimum Gasteiger partial charge on any atom is -0.350 e. The van der Waals surface area contributed by atoms with Crippen LogP contribution in [-0.4, -0.2) is 21.2 Å². The number of hydrogen-bond donors (Lipinski definition) is 1. The molecule has 1 fully saturated rings. The summed E-state index contributed by atoms with van der Waals surface area (Å²) in [5.41, 5.74) is 3.20. The van der Waals surface area contributed by atoms with Crippen LogP contribution < -0.4 is 5.32 Å². The van der Waals surface area contributed by atoms with Crippen molar-refractivity contribution in [3.8, 4) is 0 Å². The molecule has 2 atom stereocenters. The Morgan fingerprint density at radius 2 is 1.83 bits per heavy atom. The van der Waals surface area contributed by atoms with Gasteiger partial charge in [-0.25, -0.2) is 4.98 Å². The summed E-state index contributed by atoms with van der Waals surface area (Å²) in [5, 5.41) is 11.5. The lowest BCUT2D eigenvalue weighted by Crippen LogP contribution is -2.10. The van der Waals surface area contributed by atoms with Gasteiger partial charge in [-0.3, -0.25) is 0 Å². The maximum Gasteiger partial charge on any atom is 0.243 e. The van der Waals surface area contributed by atoms with Crippen molar-refractivity contribution >= 4 is 5.95 Å². The van der Waals surface area contributed by atoms with E-state index in [-0.39, 0.29) is 0 Å². The number of benzene rings is 1. The maximum absolute atomic E-state index is 4.40. The Hall–Kier alpha value is -1.97. The van der Waals surface area contributed by atoms with Crippen LogP contribution in [0.4, 0.5) is 5.95 Å². The zero-order valence-corrected chi connectivity index (χ0v) is 10.6. The molecule has 4 heteroatoms. The van der Waals surface area contributed by atoms with Crippen molar-refractivity contribution < 1.29 is 0 Å². The van der Waals surface area contributed by atoms with Gasteiger partial charge in [0.25, 0.3) is 0 Å². The van der Waals surface area contributed by atoms with Gasteiger partial charge in [-0.15, -0.1) is 5.10 Å². The Morgan fingerprint density at radius 3 is 2.56 bits per heavy atom. The number of hydrogen-bond acceptors (Lipinski definition) is 4. The maximum atomic E-state index is 4.40. The smallest absolute Gasteiger partial charge is 0.243 e. The zero-order valence-electron chi connectivity index (χ0n) is 10.6. The van der Waals surface area contributed by atoms with Crippen LogP contribution in [-0.2, 0) is 0 Å². The van der Waals surface area contributed by atoms with E-state index in [1.165, 1.54) is 5.56 Å². The molecule has 0 saturated heterocycles. The first-order valence-electron chi connectivity index (χ1n) is 6.23. The van der Waals surface area contributed by atoms with E-state index < -0.39 is 0 Å². The van der Waals surface area contributed by atoms with Crippen molar-refractivity contribution in [2.75, 3.05) is 5.32 Å². The number of aryl methyl sites for hydroxylation is 2. The van der Waals surface area contributed by atoms with Gasteiger partial charge >= 0.3 is 0 Å². The first-order valence-corrected chi connectivity index (χ1v) is 6.23. The molecular weight excluding hydrogens is 224 g/mol. The predicted molar refractivity (Wildman–Crippen MR) is 70.5 cm³/mol. The normalized spacial score (nSPS) is 21.7. The van der Waals surface area contributed by atoms with Crippen molar-refractivity contribution in [2.45, 2.75) is 32.2 Å². The van der Waals surface area contributed by atoms with Crippen molar-refractivity contribution in [2.24, 2.45) is 0 Å². The Bertz CT molecular complexity index is 553. The van der Waals surface area contributed by atoms with Crippen LogP contribution in [0.3, 0.4) is 0 Å². The van der Waals surface area contributed by atoms with Crippen LogP contribution in [0.5, 0.6) is 0 Å². The molecule has 0 spiro atoms. The standard InChI is InChI=1S/C14H16N4/c1-9-10(2)17-18-14(15-9)16-13-8-12(13)11-6-4-3-5-7-11/h3-7,12-13H,8H2,1-2H3,(H,15,16,18). The molecule has 2 unspecified atom stereocenters. The highest BCUT2D eigenvalue weighted by Crippen LogP contribution is 2.42. The lowest BCUT2D eigenvalue weighted by atomic mass is 10.1. The Labute approximate surface area is 106 Å². The van der Waals surface area contributed by atoms with E-state index in [9.17, 15) is 0 Å². The van der Waals surface area contributed by atoms with E-state index in [0.717, 1.165) is 17.8 Å². The molecule has 1 N–H and O–H groups in total.